The molecule has 0 unspecified atom stereocenters. The number of carbonyl (C=O) groups is 1. The van der Waals surface area contributed by atoms with Gasteiger partial charge in [0.05, 0.1) is 17.6 Å². The van der Waals surface area contributed by atoms with Gasteiger partial charge >= 0.3 is 0 Å². The highest BCUT2D eigenvalue weighted by Crippen LogP contribution is 2.34. The average molecular weight is 494 g/mol. The lowest BCUT2D eigenvalue weighted by Crippen LogP contribution is -2.33. The van der Waals surface area contributed by atoms with E-state index in [1.165, 1.54) is 5.56 Å². The molecule has 3 N–H and O–H groups in total. The standard InChI is InChI=1S/C29H27N5O3/c1-18(11-12-19-7-3-2-4-8-19)31-29(35)25-26-28(33-22-10-6-5-9-21(22)32-26)34(27(25)30)16-20-13-14-23-24(15-20)37-17-36-23/h2-10,13-15,18H,11-12,16-17,30H2,1H3,(H,31,35)/t18-/m1/s1. The molecule has 0 saturated heterocycles. The van der Waals surface area contributed by atoms with Gasteiger partial charge in [-0.1, -0.05) is 48.5 Å². The lowest BCUT2D eigenvalue weighted by atomic mass is 10.1. The fraction of sp³-hybridized carbons (Fsp3) is 0.207. The third-order valence-corrected chi connectivity index (χ3v) is 6.68. The van der Waals surface area contributed by atoms with Crippen molar-refractivity contribution in [1.82, 2.24) is 19.9 Å². The number of ether oxygens (including phenoxy) is 2. The number of carbonyl (C=O) groups excluding carboxylic acids is 1. The number of anilines is 1. The second-order valence-corrected chi connectivity index (χ2v) is 9.32. The highest BCUT2D eigenvalue weighted by atomic mass is 16.7. The number of nitrogens with two attached hydrogens (primary N) is 1. The fourth-order valence-corrected chi connectivity index (χ4v) is 4.72. The van der Waals surface area contributed by atoms with Crippen molar-refractivity contribution in [3.05, 3.63) is 89.5 Å². The molecule has 1 aliphatic rings. The van der Waals surface area contributed by atoms with E-state index < -0.39 is 0 Å². The van der Waals surface area contributed by atoms with Crippen LogP contribution in [0, 0.1) is 0 Å². The van der Waals surface area contributed by atoms with E-state index in [1.807, 2.05) is 72.2 Å². The van der Waals surface area contributed by atoms with Crippen molar-refractivity contribution in [2.75, 3.05) is 12.5 Å². The summed E-state index contributed by atoms with van der Waals surface area (Å²) in [5.74, 6) is 1.48. The summed E-state index contributed by atoms with van der Waals surface area (Å²) in [5, 5.41) is 3.12. The second-order valence-electron chi connectivity index (χ2n) is 9.32. The molecule has 0 bridgehead atoms. The maximum Gasteiger partial charge on any atom is 0.257 e. The van der Waals surface area contributed by atoms with Gasteiger partial charge < -0.3 is 25.1 Å². The Labute approximate surface area is 214 Å². The van der Waals surface area contributed by atoms with Gasteiger partial charge in [-0.15, -0.1) is 0 Å². The van der Waals surface area contributed by atoms with E-state index in [0.29, 0.717) is 46.1 Å². The Hall–Kier alpha value is -4.59. The molecule has 0 fully saturated rings. The molecule has 1 atom stereocenters. The summed E-state index contributed by atoms with van der Waals surface area (Å²) in [6.45, 7) is 2.62. The first-order chi connectivity index (χ1) is 18.1. The smallest absolute Gasteiger partial charge is 0.257 e. The number of para-hydroxylation sites is 2. The largest absolute Gasteiger partial charge is 0.454 e. The summed E-state index contributed by atoms with van der Waals surface area (Å²) in [6, 6.07) is 23.6. The number of benzene rings is 3. The zero-order valence-electron chi connectivity index (χ0n) is 20.5. The molecule has 8 heteroatoms. The van der Waals surface area contributed by atoms with Crippen LogP contribution in [0.4, 0.5) is 5.82 Å². The maximum absolute atomic E-state index is 13.5. The topological polar surface area (TPSA) is 104 Å². The van der Waals surface area contributed by atoms with E-state index in [9.17, 15) is 4.79 Å². The molecule has 8 nitrogen and oxygen atoms in total. The van der Waals surface area contributed by atoms with Gasteiger partial charge in [-0.25, -0.2) is 9.97 Å². The molecular formula is C29H27N5O3. The number of hydrogen-bond donors (Lipinski definition) is 2. The summed E-state index contributed by atoms with van der Waals surface area (Å²) in [4.78, 5) is 23.2. The van der Waals surface area contributed by atoms with Crippen LogP contribution in [0.1, 0.15) is 34.8 Å². The zero-order chi connectivity index (χ0) is 25.4. The van der Waals surface area contributed by atoms with E-state index >= 15 is 0 Å². The van der Waals surface area contributed by atoms with Crippen molar-refractivity contribution in [3.63, 3.8) is 0 Å². The Morgan fingerprint density at radius 1 is 0.973 bits per heavy atom. The van der Waals surface area contributed by atoms with Gasteiger partial charge in [-0.3, -0.25) is 4.79 Å². The number of nitrogens with one attached hydrogen (secondary N) is 1. The molecule has 1 amide bonds. The first-order valence-electron chi connectivity index (χ1n) is 12.3. The Balaban J connectivity index is 1.35. The van der Waals surface area contributed by atoms with Gasteiger partial charge in [0.1, 0.15) is 16.9 Å². The van der Waals surface area contributed by atoms with Crippen LogP contribution >= 0.6 is 0 Å². The van der Waals surface area contributed by atoms with Crippen molar-refractivity contribution in [2.45, 2.75) is 32.4 Å². The molecule has 5 aromatic rings. The van der Waals surface area contributed by atoms with E-state index in [2.05, 4.69) is 17.4 Å². The summed E-state index contributed by atoms with van der Waals surface area (Å²) in [5.41, 5.74) is 11.7. The van der Waals surface area contributed by atoms with Crippen molar-refractivity contribution < 1.29 is 14.3 Å². The molecule has 3 heterocycles. The molecular weight excluding hydrogens is 466 g/mol. The lowest BCUT2D eigenvalue weighted by molar-refractivity contribution is 0.0940. The molecule has 1 aliphatic heterocycles. The van der Waals surface area contributed by atoms with E-state index in [4.69, 9.17) is 25.2 Å². The molecule has 0 radical (unpaired) electrons. The third kappa shape index (κ3) is 4.42. The number of aromatic nitrogens is 3. The van der Waals surface area contributed by atoms with Gasteiger partial charge in [0.2, 0.25) is 6.79 Å². The minimum atomic E-state index is -0.253. The monoisotopic (exact) mass is 493 g/mol. The molecule has 0 aliphatic carbocycles. The van der Waals surface area contributed by atoms with Crippen LogP contribution in [0.2, 0.25) is 0 Å². The number of nitrogen functional groups attached to an aromatic ring is 1. The SMILES string of the molecule is C[C@H](CCc1ccccc1)NC(=O)c1c(N)n(Cc2ccc3c(c2)OCO3)c2nc3ccccc3nc12. The van der Waals surface area contributed by atoms with Gasteiger partial charge in [0, 0.05) is 6.04 Å². The summed E-state index contributed by atoms with van der Waals surface area (Å²) in [6.07, 6.45) is 1.67. The van der Waals surface area contributed by atoms with Crippen molar-refractivity contribution >= 4 is 33.9 Å². The van der Waals surface area contributed by atoms with Crippen LogP contribution in [0.15, 0.2) is 72.8 Å². The molecule has 2 aromatic heterocycles. The average Bonchev–Trinajstić information content (AvgIpc) is 3.48. The molecule has 0 spiro atoms. The molecule has 37 heavy (non-hydrogen) atoms. The number of amides is 1. The number of fused-ring (bicyclic) bond motifs is 3. The van der Waals surface area contributed by atoms with Crippen LogP contribution in [0.25, 0.3) is 22.2 Å². The predicted octanol–water partition coefficient (Wildman–Crippen LogP) is 4.69. The Morgan fingerprint density at radius 3 is 2.51 bits per heavy atom. The zero-order valence-corrected chi connectivity index (χ0v) is 20.5. The van der Waals surface area contributed by atoms with Crippen LogP contribution in [-0.2, 0) is 13.0 Å². The maximum atomic E-state index is 13.5. The first-order valence-corrected chi connectivity index (χ1v) is 12.3. The Kier molecular flexibility index (Phi) is 5.84. The van der Waals surface area contributed by atoms with Gasteiger partial charge in [-0.05, 0) is 55.2 Å². The van der Waals surface area contributed by atoms with Gasteiger partial charge in [-0.2, -0.15) is 0 Å². The second kappa shape index (κ2) is 9.46. The van der Waals surface area contributed by atoms with Crippen molar-refractivity contribution in [3.8, 4) is 11.5 Å². The quantitative estimate of drug-likeness (QED) is 0.341. The number of rotatable bonds is 7. The molecule has 0 saturated carbocycles. The third-order valence-electron chi connectivity index (χ3n) is 6.68. The van der Waals surface area contributed by atoms with Crippen LogP contribution in [0.5, 0.6) is 11.5 Å². The fourth-order valence-electron chi connectivity index (χ4n) is 4.72. The number of aryl methyl sites for hydroxylation is 1. The van der Waals surface area contributed by atoms with E-state index in [-0.39, 0.29) is 18.7 Å². The summed E-state index contributed by atoms with van der Waals surface area (Å²) in [7, 11) is 0. The minimum absolute atomic E-state index is 0.0484. The Bertz CT molecular complexity index is 1610. The summed E-state index contributed by atoms with van der Waals surface area (Å²) >= 11 is 0. The first kappa shape index (κ1) is 22.8. The summed E-state index contributed by atoms with van der Waals surface area (Å²) < 4.78 is 12.8. The normalized spacial score (nSPS) is 13.2. The Morgan fingerprint density at radius 2 is 1.70 bits per heavy atom. The minimum Gasteiger partial charge on any atom is -0.454 e. The number of nitrogens with zero attached hydrogens (tertiary/aromatic N) is 3. The van der Waals surface area contributed by atoms with E-state index in [1.54, 1.807) is 0 Å². The van der Waals surface area contributed by atoms with Crippen molar-refractivity contribution in [1.29, 1.82) is 0 Å². The van der Waals surface area contributed by atoms with Crippen LogP contribution < -0.4 is 20.5 Å². The molecule has 3 aromatic carbocycles. The molecule has 186 valence electrons. The van der Waals surface area contributed by atoms with Crippen molar-refractivity contribution in [2.24, 2.45) is 0 Å². The predicted molar refractivity (Wildman–Crippen MR) is 143 cm³/mol. The highest BCUT2D eigenvalue weighted by molar-refractivity contribution is 6.10. The van der Waals surface area contributed by atoms with Gasteiger partial charge in [0.25, 0.3) is 5.91 Å². The molecule has 6 rings (SSSR count). The number of hydrogen-bond acceptors (Lipinski definition) is 6. The van der Waals surface area contributed by atoms with Crippen LogP contribution in [0.3, 0.4) is 0 Å². The van der Waals surface area contributed by atoms with E-state index in [0.717, 1.165) is 23.9 Å². The van der Waals surface area contributed by atoms with Gasteiger partial charge in [0.15, 0.2) is 17.1 Å². The lowest BCUT2D eigenvalue weighted by Gasteiger charge is -2.14. The highest BCUT2D eigenvalue weighted by Gasteiger charge is 2.25. The van der Waals surface area contributed by atoms with Crippen LogP contribution in [-0.4, -0.2) is 33.3 Å².